The molecule has 0 aromatic heterocycles. The molecule has 0 N–H and O–H groups in total. The van der Waals surface area contributed by atoms with Gasteiger partial charge in [0.05, 0.1) is 0 Å². The molecule has 1 saturated heterocycles. The highest BCUT2D eigenvalue weighted by atomic mass is 32.2. The zero-order valence-electron chi connectivity index (χ0n) is 11.2. The lowest BCUT2D eigenvalue weighted by atomic mass is 10.1. The Bertz CT molecular complexity index is 407. The minimum Gasteiger partial charge on any atom is -0.300 e. The highest BCUT2D eigenvalue weighted by Gasteiger charge is 2.27. The lowest BCUT2D eigenvalue weighted by Gasteiger charge is -2.02. The third-order valence-corrected chi connectivity index (χ3v) is 6.38. The summed E-state index contributed by atoms with van der Waals surface area (Å²) in [5.74, 6) is 2.90. The Morgan fingerprint density at radius 3 is 2.68 bits per heavy atom. The summed E-state index contributed by atoms with van der Waals surface area (Å²) in [6, 6.07) is 0. The summed E-state index contributed by atoms with van der Waals surface area (Å²) in [4.78, 5) is 11.1. The predicted molar refractivity (Wildman–Crippen MR) is 82.3 cm³/mol. The Balaban J connectivity index is 2.25. The molecule has 4 nitrogen and oxygen atoms in total. The summed E-state index contributed by atoms with van der Waals surface area (Å²) in [7, 11) is -3.44. The molecule has 0 amide bonds. The van der Waals surface area contributed by atoms with Crippen molar-refractivity contribution in [2.24, 2.45) is 0 Å². The third-order valence-electron chi connectivity index (χ3n) is 2.67. The van der Waals surface area contributed by atoms with Gasteiger partial charge in [-0.05, 0) is 24.6 Å². The van der Waals surface area contributed by atoms with E-state index < -0.39 is 10.1 Å². The molecule has 0 atom stereocenters. The van der Waals surface area contributed by atoms with Crippen molar-refractivity contribution < 1.29 is 17.1 Å². The van der Waals surface area contributed by atoms with Crippen molar-refractivity contribution >= 4 is 44.5 Å². The van der Waals surface area contributed by atoms with Gasteiger partial charge in [0.15, 0.2) is 0 Å². The molecule has 110 valence electrons. The Morgan fingerprint density at radius 2 is 2.05 bits per heavy atom. The van der Waals surface area contributed by atoms with E-state index in [2.05, 4.69) is 0 Å². The van der Waals surface area contributed by atoms with E-state index in [1.807, 2.05) is 6.92 Å². The molecule has 0 aromatic carbocycles. The molecule has 0 unspecified atom stereocenters. The molecule has 7 heteroatoms. The van der Waals surface area contributed by atoms with Gasteiger partial charge >= 0.3 is 15.2 Å². The number of ketones is 1. The van der Waals surface area contributed by atoms with Crippen LogP contribution in [0.1, 0.15) is 39.0 Å². The van der Waals surface area contributed by atoms with Gasteiger partial charge in [0, 0.05) is 24.3 Å². The summed E-state index contributed by atoms with van der Waals surface area (Å²) in [5, 5.41) is 0.609. The second-order valence-corrected chi connectivity index (χ2v) is 8.27. The van der Waals surface area contributed by atoms with E-state index in [9.17, 15) is 13.2 Å². The van der Waals surface area contributed by atoms with Crippen molar-refractivity contribution in [3.8, 4) is 0 Å². The van der Waals surface area contributed by atoms with E-state index in [4.69, 9.17) is 3.87 Å². The largest absolute Gasteiger partial charge is 0.496 e. The summed E-state index contributed by atoms with van der Waals surface area (Å²) in [5.41, 5.74) is 0. The van der Waals surface area contributed by atoms with Crippen molar-refractivity contribution in [1.29, 1.82) is 0 Å². The average Bonchev–Trinajstić information content (AvgIpc) is 2.38. The first-order chi connectivity index (χ1) is 9.03. The van der Waals surface area contributed by atoms with E-state index in [-0.39, 0.29) is 11.5 Å². The summed E-state index contributed by atoms with van der Waals surface area (Å²) in [6.45, 7) is 1.84. The van der Waals surface area contributed by atoms with E-state index in [0.29, 0.717) is 30.1 Å². The number of hydrogen-bond acceptors (Lipinski definition) is 5. The number of rotatable bonds is 8. The molecule has 1 heterocycles. The van der Waals surface area contributed by atoms with Crippen LogP contribution in [0.5, 0.6) is 0 Å². The highest BCUT2D eigenvalue weighted by molar-refractivity contribution is 8.18. The normalized spacial score (nSPS) is 18.7. The molecule has 1 rings (SSSR count). The first-order valence-electron chi connectivity index (χ1n) is 6.53. The Labute approximate surface area is 123 Å². The summed E-state index contributed by atoms with van der Waals surface area (Å²) in [6.07, 6.45) is 3.20. The Kier molecular flexibility index (Phi) is 8.09. The van der Waals surface area contributed by atoms with Crippen LogP contribution in [0, 0.1) is 0 Å². The van der Waals surface area contributed by atoms with Gasteiger partial charge in [-0.1, -0.05) is 13.3 Å². The van der Waals surface area contributed by atoms with Crippen molar-refractivity contribution in [2.75, 3.05) is 23.0 Å². The fourth-order valence-corrected chi connectivity index (χ4v) is 5.14. The minimum absolute atomic E-state index is 0.0437. The van der Waals surface area contributed by atoms with E-state index >= 15 is 0 Å². The molecule has 0 bridgehead atoms. The van der Waals surface area contributed by atoms with Gasteiger partial charge in [-0.2, -0.15) is 0 Å². The minimum atomic E-state index is -3.44. The maximum atomic E-state index is 11.7. The lowest BCUT2D eigenvalue weighted by Crippen LogP contribution is -2.15. The monoisotopic (exact) mass is 325 g/mol. The first kappa shape index (κ1) is 17.0. The molecule has 1 fully saturated rings. The topological polar surface area (TPSA) is 62.5 Å². The number of thioether (sulfide) groups is 2. The smallest absolute Gasteiger partial charge is 0.300 e. The van der Waals surface area contributed by atoms with Gasteiger partial charge in [-0.15, -0.1) is 24.1 Å². The molecule has 0 radical (unpaired) electrons. The summed E-state index contributed by atoms with van der Waals surface area (Å²) < 4.78 is 28.5. The van der Waals surface area contributed by atoms with Gasteiger partial charge in [0.1, 0.15) is 17.3 Å². The van der Waals surface area contributed by atoms with Crippen LogP contribution in [-0.2, 0) is 18.8 Å². The highest BCUT2D eigenvalue weighted by Crippen LogP contribution is 2.19. The summed E-state index contributed by atoms with van der Waals surface area (Å²) >= 11 is 3.19. The second kappa shape index (κ2) is 9.02. The van der Waals surface area contributed by atoms with Crippen LogP contribution in [0.25, 0.3) is 0 Å². The van der Waals surface area contributed by atoms with Gasteiger partial charge in [0.25, 0.3) is 0 Å². The van der Waals surface area contributed by atoms with Gasteiger partial charge in [-0.25, -0.2) is 0 Å². The molecule has 0 saturated carbocycles. The molecular formula is C12H21O4S3+. The first-order valence-corrected chi connectivity index (χ1v) is 10.3. The maximum absolute atomic E-state index is 11.7. The maximum Gasteiger partial charge on any atom is 0.496 e. The van der Waals surface area contributed by atoms with Crippen LogP contribution in [0.3, 0.4) is 0 Å². The van der Waals surface area contributed by atoms with Gasteiger partial charge in [-0.3, -0.25) is 4.79 Å². The number of hydrogen-bond donors (Lipinski definition) is 0. The van der Waals surface area contributed by atoms with Gasteiger partial charge < -0.3 is 0 Å². The van der Waals surface area contributed by atoms with Gasteiger partial charge in [0.2, 0.25) is 0 Å². The molecule has 1 aliphatic rings. The molecule has 0 spiro atoms. The Morgan fingerprint density at radius 1 is 1.26 bits per heavy atom. The molecule has 0 aromatic rings. The van der Waals surface area contributed by atoms with E-state index in [1.54, 1.807) is 11.8 Å². The van der Waals surface area contributed by atoms with Crippen LogP contribution in [0.15, 0.2) is 0 Å². The number of unbranched alkanes of at least 4 members (excludes halogenated alkanes) is 2. The van der Waals surface area contributed by atoms with Crippen molar-refractivity contribution in [3.05, 3.63) is 0 Å². The van der Waals surface area contributed by atoms with E-state index in [0.717, 1.165) is 24.3 Å². The fraction of sp³-hybridized carbons (Fsp3) is 0.833. The number of Topliss-reactive ketones (excluding diaryl/α,β-unsaturated/α-hetero) is 1. The molecule has 0 aliphatic carbocycles. The third kappa shape index (κ3) is 7.99. The van der Waals surface area contributed by atoms with Crippen LogP contribution in [-0.4, -0.2) is 42.3 Å². The quantitative estimate of drug-likeness (QED) is 0.506. The molecule has 1 aliphatic heterocycles. The van der Waals surface area contributed by atoms with Crippen LogP contribution < -0.4 is 0 Å². The van der Waals surface area contributed by atoms with Crippen LogP contribution in [0.4, 0.5) is 0 Å². The SMILES string of the molecule is CCC(=O)CCCCCS(=O)(=O)[O+]=C1CSCCS1. The standard InChI is InChI=1S/C12H21O4S3/c1-2-11(13)6-4-3-5-9-19(14,15)16-12-10-17-7-8-18-12/h2-10H2,1H3/q+1. The zero-order valence-corrected chi connectivity index (χ0v) is 13.7. The Hall–Kier alpha value is -0.0100. The fourth-order valence-electron chi connectivity index (χ4n) is 1.60. The van der Waals surface area contributed by atoms with Crippen molar-refractivity contribution in [2.45, 2.75) is 39.0 Å². The average molecular weight is 325 g/mol. The van der Waals surface area contributed by atoms with Crippen LogP contribution in [0.2, 0.25) is 0 Å². The molecule has 19 heavy (non-hydrogen) atoms. The van der Waals surface area contributed by atoms with Crippen molar-refractivity contribution in [1.82, 2.24) is 0 Å². The van der Waals surface area contributed by atoms with E-state index in [1.165, 1.54) is 11.8 Å². The molecular weight excluding hydrogens is 304 g/mol. The van der Waals surface area contributed by atoms with Crippen molar-refractivity contribution in [3.63, 3.8) is 0 Å². The predicted octanol–water partition coefficient (Wildman–Crippen LogP) is 2.40. The second-order valence-electron chi connectivity index (χ2n) is 4.32. The number of carbonyl (C=O) groups excluding carboxylic acids is 2. The lowest BCUT2D eigenvalue weighted by molar-refractivity contribution is -0.263. The van der Waals surface area contributed by atoms with Crippen LogP contribution >= 0.6 is 23.5 Å². The number of carbonyl (C=O) groups is 1. The zero-order chi connectivity index (χ0) is 14.1.